The van der Waals surface area contributed by atoms with E-state index in [2.05, 4.69) is 44.2 Å². The van der Waals surface area contributed by atoms with Gasteiger partial charge in [-0.15, -0.1) is 0 Å². The Labute approximate surface area is 652 Å². The Morgan fingerprint density at radius 2 is 0.305 bits per heavy atom. The predicted molar refractivity (Wildman–Crippen MR) is 283 cm³/mol. The Morgan fingerprint density at radius 1 is 0.200 bits per heavy atom. The maximum Gasteiger partial charge on any atom is 4.00 e. The zero-order valence-electron chi connectivity index (χ0n) is 56.1. The van der Waals surface area contributed by atoms with Crippen molar-refractivity contribution >= 4 is 107 Å². The molecule has 0 aliphatic heterocycles. The van der Waals surface area contributed by atoms with E-state index in [1.807, 2.05) is 0 Å². The van der Waals surface area contributed by atoms with E-state index in [9.17, 15) is 178 Å². The Balaban J connectivity index is -0.0000000673. The average Bonchev–Trinajstić information content (AvgIpc) is 1.01. The van der Waals surface area contributed by atoms with Gasteiger partial charge in [-0.05, 0) is 0 Å². The normalized spacial score (nSPS) is 9.31. The first-order chi connectivity index (χ1) is 45.3. The molecule has 0 rings (SSSR count). The summed E-state index contributed by atoms with van der Waals surface area (Å²) in [5, 5.41) is 191. The van der Waals surface area contributed by atoms with Gasteiger partial charge in [-0.3, -0.25) is 29.4 Å². The summed E-state index contributed by atoms with van der Waals surface area (Å²) in [6.45, 7) is -1.33. The number of quaternary nitrogens is 6. The number of carboxylic acids is 18. The van der Waals surface area contributed by atoms with Gasteiger partial charge in [0.2, 0.25) is 0 Å². The van der Waals surface area contributed by atoms with Gasteiger partial charge in [0.15, 0.2) is 0 Å². The second-order valence-corrected chi connectivity index (χ2v) is 18.2. The van der Waals surface area contributed by atoms with Crippen LogP contribution in [0.1, 0.15) is 0 Å². The first-order valence-corrected chi connectivity index (χ1v) is 27.5. The van der Waals surface area contributed by atoms with Gasteiger partial charge in [0.05, 0.1) is 134 Å². The molecule has 0 atom stereocenters. The number of hydrogen-bond donors (Lipinski definition) is 8. The van der Waals surface area contributed by atoms with E-state index in [1.54, 1.807) is 0 Å². The summed E-state index contributed by atoms with van der Waals surface area (Å²) in [5.41, 5.74) is 15.0. The molecule has 0 aliphatic carbocycles. The quantitative estimate of drug-likeness (QED) is 0.0262. The summed E-state index contributed by atoms with van der Waals surface area (Å²) in [4.78, 5) is 184. The summed E-state index contributed by atoms with van der Waals surface area (Å²) >= 11 is 0. The third-order valence-corrected chi connectivity index (χ3v) is 8.92. The standard InChI is InChI=1S/2C6H18N4.6C6H9NO6.4H2O.3Zr/c2*7-1-3-9-5-6-10-4-2-8;6*8-4(9)1-7(2-5(10)11)3-6(12)13;;;;;;;/h2*9-10H,1-8H2;6*1-3H2,(H,8,9)(H,10,11)(H,12,13);4*1H2;;;/q;;;;;;;;;;;;3*+4/p-12. The first kappa shape index (κ1) is 133. The van der Waals surface area contributed by atoms with Crippen LogP contribution in [0.4, 0.5) is 0 Å². The molecule has 0 aromatic heterocycles. The molecule has 0 heterocycles. The van der Waals surface area contributed by atoms with E-state index in [0.29, 0.717) is 29.4 Å². The van der Waals surface area contributed by atoms with Gasteiger partial charge in [-0.2, -0.15) is 0 Å². The molecular weight excluding hydrogens is 1690 g/mol. The zero-order valence-corrected chi connectivity index (χ0v) is 63.5. The number of nitrogens with one attached hydrogen (secondary N) is 2. The molecule has 600 valence electrons. The van der Waals surface area contributed by atoms with Crippen LogP contribution in [0.5, 0.6) is 0 Å². The monoisotopic (exact) mass is 1770 g/mol. The van der Waals surface area contributed by atoms with Crippen LogP contribution < -0.4 is 136 Å². The molecule has 0 radical (unpaired) electrons. The van der Waals surface area contributed by atoms with Crippen molar-refractivity contribution in [3.8, 4) is 0 Å². The summed E-state index contributed by atoms with van der Waals surface area (Å²) < 4.78 is 0. The van der Waals surface area contributed by atoms with Gasteiger partial charge in [0, 0.05) is 144 Å². The van der Waals surface area contributed by atoms with Crippen molar-refractivity contribution in [1.29, 1.82) is 0 Å². The Morgan fingerprint density at radius 3 is 0.381 bits per heavy atom. The van der Waals surface area contributed by atoms with Crippen LogP contribution >= 0.6 is 0 Å². The van der Waals surface area contributed by atoms with Gasteiger partial charge < -0.3 is 244 Å². The van der Waals surface area contributed by atoms with Gasteiger partial charge in [-0.25, -0.2) is 0 Å². The first-order valence-electron chi connectivity index (χ1n) is 27.5. The fraction of sp³-hybridized carbons (Fsp3) is 0.625. The Bertz CT molecular complexity index is 1800. The number of aliphatic carboxylic acids is 18. The fourth-order valence-corrected chi connectivity index (χ4v) is 5.78. The average molecular weight is 1770 g/mol. The van der Waals surface area contributed by atoms with Crippen molar-refractivity contribution < 1.29 is 312 Å². The molecule has 0 aromatic rings. The molecule has 0 aliphatic rings. The summed E-state index contributed by atoms with van der Waals surface area (Å²) in [5.74, 6) is -28.2. The number of hydrogen-bond acceptors (Lipinski definition) is 44. The third-order valence-electron chi connectivity index (χ3n) is 8.92. The smallest absolute Gasteiger partial charge is 0.549 e. The summed E-state index contributed by atoms with van der Waals surface area (Å²) in [6, 6.07) is 0. The van der Waals surface area contributed by atoms with E-state index >= 15 is 0 Å². The van der Waals surface area contributed by atoms with Crippen LogP contribution in [0.15, 0.2) is 0 Å². The van der Waals surface area contributed by atoms with Crippen molar-refractivity contribution in [2.75, 3.05) is 196 Å². The van der Waals surface area contributed by atoms with E-state index in [4.69, 9.17) is 0 Å². The minimum absolute atomic E-state index is 0. The minimum atomic E-state index is -1.57. The van der Waals surface area contributed by atoms with Crippen LogP contribution in [0, 0.1) is 0 Å². The van der Waals surface area contributed by atoms with Gasteiger partial charge in [0.1, 0.15) is 26.2 Å². The van der Waals surface area contributed by atoms with Crippen molar-refractivity contribution in [2.24, 2.45) is 0 Å². The molecule has 0 aromatic carbocycles. The molecule has 0 bridgehead atoms. The van der Waals surface area contributed by atoms with Crippen LogP contribution in [-0.4, -0.2) is 355 Å². The van der Waals surface area contributed by atoms with Crippen LogP contribution in [-0.2, 0) is 165 Å². The maximum atomic E-state index is 9.99. The van der Waals surface area contributed by atoms with Gasteiger partial charge in [0.25, 0.3) is 0 Å². The van der Waals surface area contributed by atoms with Crippen molar-refractivity contribution in [2.45, 2.75) is 0 Å². The van der Waals surface area contributed by atoms with E-state index in [1.165, 1.54) is 0 Å². The maximum absolute atomic E-state index is 9.99. The molecule has 105 heavy (non-hydrogen) atoms. The number of carbonyl (C=O) groups is 18. The molecule has 0 amide bonds. The van der Waals surface area contributed by atoms with Gasteiger partial charge >= 0.3 is 78.6 Å². The SMILES string of the molecule is O.O.O.O.O=C([O-])CN(CC(=O)[O-])CC(=O)[O-].O=C([O-])CN(CC(=O)[O-])CC(=O)[O-].O=C([O-])CN(CC(=O)[O-])CC(=O)[O-].O=C([O-])CN(CC(=O)[O-])CC(=O)[O-].O=C([O-])CN(CC(=O)[O-])CC(=O)[O-].O=C([O-])CN(CC(=O)[O-])CC(=O)[O-].[NH3+]CCNCC[NH2+]CC[NH3+].[NH3+]CCNCC[NH2+]CC[NH3+].[Zr+4].[Zr+4].[Zr+4]. The number of nitrogens with zero attached hydrogens (tertiary/aromatic N) is 6. The number of rotatable bonds is 50. The molecule has 0 unspecified atom stereocenters. The zero-order chi connectivity index (χ0) is 77.9. The number of carbonyl (C=O) groups excluding carboxylic acids is 18. The molecule has 0 spiro atoms. The third kappa shape index (κ3) is 140. The second kappa shape index (κ2) is 90.6. The minimum Gasteiger partial charge on any atom is -0.549 e. The van der Waals surface area contributed by atoms with Crippen molar-refractivity contribution in [3.63, 3.8) is 0 Å². The van der Waals surface area contributed by atoms with Crippen LogP contribution in [0.25, 0.3) is 0 Å². The molecular formula is C48H86N14O40Zr3. The van der Waals surface area contributed by atoms with Crippen LogP contribution in [0.2, 0.25) is 0 Å². The van der Waals surface area contributed by atoms with E-state index < -0.39 is 225 Å². The molecule has 57 heteroatoms. The van der Waals surface area contributed by atoms with Crippen molar-refractivity contribution in [1.82, 2.24) is 40.0 Å². The Kier molecular flexibility index (Phi) is 115. The molecule has 0 saturated carbocycles. The number of carboxylic acid groups (broad SMARTS) is 18. The summed E-state index contributed by atoms with van der Waals surface area (Å²) in [7, 11) is 0. The largest absolute Gasteiger partial charge is 4.00 e. The molecule has 26 N–H and O–H groups in total. The fourth-order valence-electron chi connectivity index (χ4n) is 5.78. The van der Waals surface area contributed by atoms with E-state index in [0.717, 1.165) is 78.5 Å². The number of nitrogens with two attached hydrogens (primary N) is 2. The summed E-state index contributed by atoms with van der Waals surface area (Å²) in [6.07, 6.45) is 0. The topological polar surface area (TPSA) is 1040 Å². The van der Waals surface area contributed by atoms with E-state index in [-0.39, 0.29) is 101 Å². The molecule has 54 nitrogen and oxygen atoms in total. The predicted octanol–water partition coefficient (Wildman–Crippen LogP) is -44.8. The Hall–Kier alpha value is -7.61. The second-order valence-electron chi connectivity index (χ2n) is 18.2. The molecule has 0 saturated heterocycles. The van der Waals surface area contributed by atoms with Crippen LogP contribution in [0.3, 0.4) is 0 Å². The molecule has 0 fully saturated rings. The van der Waals surface area contributed by atoms with Crippen molar-refractivity contribution in [3.05, 3.63) is 0 Å². The van der Waals surface area contributed by atoms with Gasteiger partial charge in [-0.1, -0.05) is 0 Å².